The Balaban J connectivity index is 1.77. The van der Waals surface area contributed by atoms with E-state index in [2.05, 4.69) is 9.71 Å². The molecular weight excluding hydrogens is 316 g/mol. The topological polar surface area (TPSA) is 92.4 Å². The van der Waals surface area contributed by atoms with Crippen molar-refractivity contribution in [3.63, 3.8) is 0 Å². The van der Waals surface area contributed by atoms with Gasteiger partial charge in [-0.05, 0) is 25.0 Å². The van der Waals surface area contributed by atoms with Crippen molar-refractivity contribution in [2.45, 2.75) is 49.6 Å². The molecule has 0 bridgehead atoms. The minimum absolute atomic E-state index is 0.180. The van der Waals surface area contributed by atoms with E-state index in [1.54, 1.807) is 19.1 Å². The summed E-state index contributed by atoms with van der Waals surface area (Å²) in [4.78, 5) is 4.39. The highest BCUT2D eigenvalue weighted by molar-refractivity contribution is 7.89. The van der Waals surface area contributed by atoms with E-state index in [-0.39, 0.29) is 4.90 Å². The van der Waals surface area contributed by atoms with Gasteiger partial charge in [0.2, 0.25) is 10.0 Å². The number of aromatic nitrogens is 1. The van der Waals surface area contributed by atoms with Crippen molar-refractivity contribution in [2.24, 2.45) is 0 Å². The number of nitrogens with zero attached hydrogens (tertiary/aromatic N) is 1. The summed E-state index contributed by atoms with van der Waals surface area (Å²) in [5.74, 6) is 0.560. The van der Waals surface area contributed by atoms with Crippen molar-refractivity contribution >= 4 is 10.0 Å². The third-order valence-electron chi connectivity index (χ3n) is 4.12. The van der Waals surface area contributed by atoms with Crippen LogP contribution >= 0.6 is 0 Å². The quantitative estimate of drug-likeness (QED) is 0.893. The fourth-order valence-corrected chi connectivity index (χ4v) is 4.12. The van der Waals surface area contributed by atoms with Crippen molar-refractivity contribution in [2.75, 3.05) is 0 Å². The number of oxazole rings is 1. The van der Waals surface area contributed by atoms with Crippen LogP contribution in [0.2, 0.25) is 0 Å². The second-order valence-electron chi connectivity index (χ2n) is 5.86. The maximum Gasteiger partial charge on any atom is 0.240 e. The van der Waals surface area contributed by atoms with Gasteiger partial charge in [0.25, 0.3) is 0 Å². The summed E-state index contributed by atoms with van der Waals surface area (Å²) in [5.41, 5.74) is 1.46. The van der Waals surface area contributed by atoms with Crippen molar-refractivity contribution in [3.05, 3.63) is 36.4 Å². The normalized spacial score (nSPS) is 22.2. The van der Waals surface area contributed by atoms with Crippen LogP contribution < -0.4 is 4.72 Å². The van der Waals surface area contributed by atoms with Gasteiger partial charge in [-0.2, -0.15) is 0 Å². The molecular formula is C16H20N2O4S. The molecule has 3 rings (SSSR count). The van der Waals surface area contributed by atoms with E-state index in [1.807, 2.05) is 0 Å². The lowest BCUT2D eigenvalue weighted by molar-refractivity contribution is 0.101. The van der Waals surface area contributed by atoms with E-state index in [9.17, 15) is 13.5 Å². The Labute approximate surface area is 135 Å². The molecule has 0 aliphatic heterocycles. The molecule has 1 heterocycles. The smallest absolute Gasteiger partial charge is 0.240 e. The van der Waals surface area contributed by atoms with E-state index >= 15 is 0 Å². The van der Waals surface area contributed by atoms with E-state index in [0.717, 1.165) is 18.4 Å². The highest BCUT2D eigenvalue weighted by atomic mass is 32.2. The number of sulfonamides is 1. The van der Waals surface area contributed by atoms with Crippen LogP contribution in [0, 0.1) is 6.92 Å². The van der Waals surface area contributed by atoms with Crippen molar-refractivity contribution in [1.82, 2.24) is 9.71 Å². The molecule has 2 unspecified atom stereocenters. The molecule has 1 aromatic carbocycles. The van der Waals surface area contributed by atoms with Crippen molar-refractivity contribution < 1.29 is 17.9 Å². The maximum absolute atomic E-state index is 12.4. The molecule has 0 radical (unpaired) electrons. The van der Waals surface area contributed by atoms with E-state index in [4.69, 9.17) is 4.42 Å². The number of hydrogen-bond acceptors (Lipinski definition) is 5. The zero-order valence-electron chi connectivity index (χ0n) is 12.9. The molecule has 124 valence electrons. The predicted molar refractivity (Wildman–Crippen MR) is 85.3 cm³/mol. The molecule has 0 saturated heterocycles. The van der Waals surface area contributed by atoms with Gasteiger partial charge in [0.15, 0.2) is 5.89 Å². The highest BCUT2D eigenvalue weighted by Crippen LogP contribution is 2.23. The molecule has 1 aromatic heterocycles. The fraction of sp³-hybridized carbons (Fsp3) is 0.438. The lowest BCUT2D eigenvalue weighted by Gasteiger charge is -2.28. The molecule has 2 aromatic rings. The molecule has 1 saturated carbocycles. The lowest BCUT2D eigenvalue weighted by atomic mass is 9.93. The number of aliphatic hydroxyl groups is 1. The van der Waals surface area contributed by atoms with Gasteiger partial charge in [-0.15, -0.1) is 0 Å². The lowest BCUT2D eigenvalue weighted by Crippen LogP contribution is -2.44. The highest BCUT2D eigenvalue weighted by Gasteiger charge is 2.28. The average molecular weight is 336 g/mol. The van der Waals surface area contributed by atoms with Crippen LogP contribution in [0.3, 0.4) is 0 Å². The zero-order chi connectivity index (χ0) is 16.4. The first kappa shape index (κ1) is 16.2. The second-order valence-corrected chi connectivity index (χ2v) is 7.57. The largest absolute Gasteiger partial charge is 0.449 e. The van der Waals surface area contributed by atoms with Crippen LogP contribution in [-0.4, -0.2) is 30.7 Å². The van der Waals surface area contributed by atoms with Gasteiger partial charge in [-0.3, -0.25) is 0 Å². The molecule has 2 N–H and O–H groups in total. The summed E-state index contributed by atoms with van der Waals surface area (Å²) >= 11 is 0. The third kappa shape index (κ3) is 3.63. The molecule has 7 heteroatoms. The molecule has 1 aliphatic carbocycles. The number of benzene rings is 1. The van der Waals surface area contributed by atoms with Crippen molar-refractivity contribution in [3.8, 4) is 11.3 Å². The molecule has 23 heavy (non-hydrogen) atoms. The molecule has 2 atom stereocenters. The van der Waals surface area contributed by atoms with Crippen LogP contribution in [0.15, 0.2) is 39.8 Å². The number of nitrogens with one attached hydrogen (secondary N) is 1. The maximum atomic E-state index is 12.4. The third-order valence-corrected chi connectivity index (χ3v) is 5.62. The van der Waals surface area contributed by atoms with Crippen LogP contribution in [0.1, 0.15) is 31.6 Å². The standard InChI is InChI=1S/C16H20N2O4S/c1-11-17-15(10-22-11)12-6-8-13(9-7-12)23(20,21)18-14-4-2-3-5-16(14)19/h6-10,14,16,18-19H,2-5H2,1H3. The van der Waals surface area contributed by atoms with Crippen LogP contribution in [0.5, 0.6) is 0 Å². The minimum atomic E-state index is -3.64. The Hall–Kier alpha value is -1.70. The number of rotatable bonds is 4. The SMILES string of the molecule is Cc1nc(-c2ccc(S(=O)(=O)NC3CCCCC3O)cc2)co1. The molecule has 0 amide bonds. The Bertz CT molecular complexity index is 768. The van der Waals surface area contributed by atoms with Crippen LogP contribution in [0.25, 0.3) is 11.3 Å². The summed E-state index contributed by atoms with van der Waals surface area (Å²) in [6, 6.07) is 6.06. The first-order valence-corrected chi connectivity index (χ1v) is 9.17. The van der Waals surface area contributed by atoms with Gasteiger partial charge in [0, 0.05) is 18.5 Å². The zero-order valence-corrected chi connectivity index (χ0v) is 13.7. The molecule has 1 fully saturated rings. The number of aryl methyl sites for hydroxylation is 1. The van der Waals surface area contributed by atoms with E-state index in [0.29, 0.717) is 24.4 Å². The van der Waals surface area contributed by atoms with E-state index in [1.165, 1.54) is 18.4 Å². The monoisotopic (exact) mass is 336 g/mol. The fourth-order valence-electron chi connectivity index (χ4n) is 2.82. The molecule has 0 spiro atoms. The van der Waals surface area contributed by atoms with Gasteiger partial charge in [0.1, 0.15) is 12.0 Å². The van der Waals surface area contributed by atoms with E-state index < -0.39 is 22.2 Å². The summed E-state index contributed by atoms with van der Waals surface area (Å²) in [6.07, 6.45) is 4.08. The Morgan fingerprint density at radius 2 is 1.91 bits per heavy atom. The summed E-state index contributed by atoms with van der Waals surface area (Å²) in [7, 11) is -3.64. The van der Waals surface area contributed by atoms with Gasteiger partial charge >= 0.3 is 0 Å². The number of aliphatic hydroxyl groups excluding tert-OH is 1. The van der Waals surface area contributed by atoms with Gasteiger partial charge < -0.3 is 9.52 Å². The first-order chi connectivity index (χ1) is 11.0. The van der Waals surface area contributed by atoms with Crippen molar-refractivity contribution in [1.29, 1.82) is 0 Å². The first-order valence-electron chi connectivity index (χ1n) is 7.69. The Kier molecular flexibility index (Phi) is 4.52. The Morgan fingerprint density at radius 1 is 1.22 bits per heavy atom. The summed E-state index contributed by atoms with van der Waals surface area (Å²) in [5, 5.41) is 9.93. The minimum Gasteiger partial charge on any atom is -0.449 e. The molecule has 6 nitrogen and oxygen atoms in total. The molecule has 1 aliphatic rings. The average Bonchev–Trinajstić information content (AvgIpc) is 2.96. The predicted octanol–water partition coefficient (Wildman–Crippen LogP) is 2.23. The van der Waals surface area contributed by atoms with Gasteiger partial charge in [-0.1, -0.05) is 25.0 Å². The second kappa shape index (κ2) is 6.43. The van der Waals surface area contributed by atoms with Crippen LogP contribution in [-0.2, 0) is 10.0 Å². The van der Waals surface area contributed by atoms with Gasteiger partial charge in [0.05, 0.1) is 11.0 Å². The Morgan fingerprint density at radius 3 is 2.52 bits per heavy atom. The summed E-state index contributed by atoms with van der Waals surface area (Å²) < 4.78 is 32.7. The van der Waals surface area contributed by atoms with Gasteiger partial charge in [-0.25, -0.2) is 18.1 Å². The van der Waals surface area contributed by atoms with Crippen LogP contribution in [0.4, 0.5) is 0 Å². The summed E-state index contributed by atoms with van der Waals surface area (Å²) in [6.45, 7) is 1.75. The number of hydrogen-bond donors (Lipinski definition) is 2.